The van der Waals surface area contributed by atoms with Crippen molar-refractivity contribution >= 4 is 68.1 Å². The van der Waals surface area contributed by atoms with Crippen LogP contribution in [-0.2, 0) is 16.1 Å². The van der Waals surface area contributed by atoms with E-state index in [1.165, 1.54) is 12.0 Å². The van der Waals surface area contributed by atoms with Crippen LogP contribution in [0.1, 0.15) is 11.1 Å². The molecule has 184 valence electrons. The molecule has 1 aliphatic heterocycles. The molecule has 0 unspecified atom stereocenters. The number of carbonyl (C=O) groups excluding carboxylic acids is 3. The molecule has 0 radical (unpaired) electrons. The molecule has 1 aliphatic rings. The van der Waals surface area contributed by atoms with Crippen molar-refractivity contribution in [1.82, 2.24) is 4.90 Å². The molecule has 1 fully saturated rings. The minimum Gasteiger partial charge on any atom is -0.493 e. The summed E-state index contributed by atoms with van der Waals surface area (Å²) < 4.78 is 11.9. The topological polar surface area (TPSA) is 84.9 Å². The van der Waals surface area contributed by atoms with E-state index in [2.05, 4.69) is 21.2 Å². The van der Waals surface area contributed by atoms with E-state index < -0.39 is 0 Å². The van der Waals surface area contributed by atoms with Gasteiger partial charge in [0.05, 0.1) is 23.6 Å². The molecule has 4 rings (SSSR count). The number of nitrogens with zero attached hydrogens (tertiary/aromatic N) is 1. The molecule has 0 aliphatic carbocycles. The van der Waals surface area contributed by atoms with Gasteiger partial charge in [0.1, 0.15) is 0 Å². The number of para-hydroxylation sites is 1. The van der Waals surface area contributed by atoms with Gasteiger partial charge in [-0.15, -0.1) is 0 Å². The minimum atomic E-state index is -0.388. The van der Waals surface area contributed by atoms with E-state index in [1.54, 1.807) is 30.3 Å². The number of thioether (sulfide) groups is 1. The molecule has 10 heteroatoms. The lowest BCUT2D eigenvalue weighted by molar-refractivity contribution is -0.123. The Bertz CT molecular complexity index is 1330. The molecule has 3 aromatic rings. The van der Waals surface area contributed by atoms with Crippen molar-refractivity contribution in [1.29, 1.82) is 0 Å². The Labute approximate surface area is 225 Å². The van der Waals surface area contributed by atoms with Crippen LogP contribution in [0.5, 0.6) is 11.5 Å². The summed E-state index contributed by atoms with van der Waals surface area (Å²) >= 11 is 10.6. The molecule has 1 N–H and O–H groups in total. The summed E-state index contributed by atoms with van der Waals surface area (Å²) in [5.74, 6) is -0.262. The Hall–Kier alpha value is -3.27. The fourth-order valence-corrected chi connectivity index (χ4v) is 4.76. The second-order valence-corrected chi connectivity index (χ2v) is 9.95. The molecule has 1 heterocycles. The van der Waals surface area contributed by atoms with Gasteiger partial charge in [-0.1, -0.05) is 57.9 Å². The highest BCUT2D eigenvalue weighted by Gasteiger charge is 2.35. The van der Waals surface area contributed by atoms with E-state index in [9.17, 15) is 14.4 Å². The number of benzene rings is 3. The molecule has 1 saturated heterocycles. The molecule has 0 saturated carbocycles. The third kappa shape index (κ3) is 6.29. The highest BCUT2D eigenvalue weighted by Crippen LogP contribution is 2.39. The van der Waals surface area contributed by atoms with Crippen LogP contribution < -0.4 is 14.8 Å². The van der Waals surface area contributed by atoms with Gasteiger partial charge in [-0.25, -0.2) is 0 Å². The molecule has 0 bridgehead atoms. The van der Waals surface area contributed by atoms with Crippen LogP contribution >= 0.6 is 39.3 Å². The number of rotatable bonds is 8. The second-order valence-electron chi connectivity index (χ2n) is 7.63. The number of anilines is 1. The van der Waals surface area contributed by atoms with E-state index >= 15 is 0 Å². The zero-order chi connectivity index (χ0) is 25.7. The smallest absolute Gasteiger partial charge is 0.293 e. The maximum atomic E-state index is 12.9. The molecule has 0 aromatic heterocycles. The van der Waals surface area contributed by atoms with Crippen molar-refractivity contribution in [2.45, 2.75) is 6.54 Å². The third-order valence-electron chi connectivity index (χ3n) is 5.08. The Morgan fingerprint density at radius 1 is 1.11 bits per heavy atom. The maximum absolute atomic E-state index is 12.9. The van der Waals surface area contributed by atoms with Crippen LogP contribution in [0, 0.1) is 0 Å². The first-order chi connectivity index (χ1) is 17.3. The Morgan fingerprint density at radius 3 is 2.53 bits per heavy atom. The van der Waals surface area contributed by atoms with Gasteiger partial charge in [0.25, 0.3) is 17.1 Å². The number of halogens is 2. The molecule has 3 amide bonds. The summed E-state index contributed by atoms with van der Waals surface area (Å²) in [6.07, 6.45) is 1.58. The van der Waals surface area contributed by atoms with E-state index in [-0.39, 0.29) is 51.6 Å². The number of hydrogen-bond donors (Lipinski definition) is 1. The molecule has 0 spiro atoms. The van der Waals surface area contributed by atoms with E-state index in [0.717, 1.165) is 21.8 Å². The molecule has 3 aromatic carbocycles. The summed E-state index contributed by atoms with van der Waals surface area (Å²) in [4.78, 5) is 39.1. The lowest BCUT2D eigenvalue weighted by atomic mass is 10.1. The predicted molar refractivity (Wildman–Crippen MR) is 144 cm³/mol. The lowest BCUT2D eigenvalue weighted by Gasteiger charge is -2.14. The summed E-state index contributed by atoms with van der Waals surface area (Å²) in [7, 11) is 1.44. The molecule has 7 nitrogen and oxygen atoms in total. The van der Waals surface area contributed by atoms with Crippen LogP contribution in [0.4, 0.5) is 10.5 Å². The minimum absolute atomic E-state index is 0.178. The van der Waals surface area contributed by atoms with E-state index in [1.807, 2.05) is 42.5 Å². The van der Waals surface area contributed by atoms with Crippen molar-refractivity contribution in [3.63, 3.8) is 0 Å². The number of hydrogen-bond acceptors (Lipinski definition) is 6. The molecular formula is C26H20BrClN2O5S. The van der Waals surface area contributed by atoms with Crippen molar-refractivity contribution in [2.24, 2.45) is 0 Å². The van der Waals surface area contributed by atoms with Gasteiger partial charge in [-0.3, -0.25) is 19.3 Å². The van der Waals surface area contributed by atoms with Crippen molar-refractivity contribution in [3.05, 3.63) is 92.3 Å². The van der Waals surface area contributed by atoms with Gasteiger partial charge in [0.15, 0.2) is 18.1 Å². The number of ether oxygens (including phenoxy) is 2. The quantitative estimate of drug-likeness (QED) is 0.309. The molecule has 36 heavy (non-hydrogen) atoms. The largest absolute Gasteiger partial charge is 0.493 e. The Kier molecular flexibility index (Phi) is 8.35. The second kappa shape index (κ2) is 11.6. The summed E-state index contributed by atoms with van der Waals surface area (Å²) in [6.45, 7) is -0.101. The van der Waals surface area contributed by atoms with Gasteiger partial charge in [0.2, 0.25) is 0 Å². The average molecular weight is 588 g/mol. The van der Waals surface area contributed by atoms with E-state index in [0.29, 0.717) is 11.3 Å². The van der Waals surface area contributed by atoms with Gasteiger partial charge in [0, 0.05) is 10.2 Å². The standard InChI is InChI=1S/C26H20BrClN2O5S/c1-34-21-12-17(11-20(28)24(21)35-15-23(31)29-19-5-3-2-4-6-19)13-22-25(32)30(26(33)36-22)14-16-7-9-18(27)10-8-16/h2-13H,14-15H2,1H3,(H,29,31)/b22-13-. The monoisotopic (exact) mass is 586 g/mol. The highest BCUT2D eigenvalue weighted by atomic mass is 79.9. The predicted octanol–water partition coefficient (Wildman–Crippen LogP) is 6.37. The van der Waals surface area contributed by atoms with E-state index in [4.69, 9.17) is 21.1 Å². The number of amides is 3. The highest BCUT2D eigenvalue weighted by molar-refractivity contribution is 9.10. The summed E-state index contributed by atoms with van der Waals surface area (Å²) in [6, 6.07) is 19.6. The number of imide groups is 1. The van der Waals surface area contributed by atoms with Crippen LogP contribution in [0.2, 0.25) is 5.02 Å². The number of carbonyl (C=O) groups is 3. The van der Waals surface area contributed by atoms with Crippen LogP contribution in [-0.4, -0.2) is 35.7 Å². The first-order valence-corrected chi connectivity index (χ1v) is 12.7. The first kappa shape index (κ1) is 25.8. The average Bonchev–Trinajstić information content (AvgIpc) is 3.12. The first-order valence-electron chi connectivity index (χ1n) is 10.7. The van der Waals surface area contributed by atoms with Crippen LogP contribution in [0.3, 0.4) is 0 Å². The van der Waals surface area contributed by atoms with Gasteiger partial charge in [-0.2, -0.15) is 0 Å². The molecule has 0 atom stereocenters. The third-order valence-corrected chi connectivity index (χ3v) is 6.80. The van der Waals surface area contributed by atoms with Crippen molar-refractivity contribution in [3.8, 4) is 11.5 Å². The zero-order valence-electron chi connectivity index (χ0n) is 19.0. The van der Waals surface area contributed by atoms with Crippen LogP contribution in [0.15, 0.2) is 76.1 Å². The fraction of sp³-hybridized carbons (Fsp3) is 0.115. The normalized spacial score (nSPS) is 14.3. The van der Waals surface area contributed by atoms with Gasteiger partial charge >= 0.3 is 0 Å². The van der Waals surface area contributed by atoms with Gasteiger partial charge in [-0.05, 0) is 65.4 Å². The Morgan fingerprint density at radius 2 is 1.83 bits per heavy atom. The van der Waals surface area contributed by atoms with Crippen LogP contribution in [0.25, 0.3) is 6.08 Å². The SMILES string of the molecule is COc1cc(/C=C2\SC(=O)N(Cc3ccc(Br)cc3)C2=O)cc(Cl)c1OCC(=O)Nc1ccccc1. The van der Waals surface area contributed by atoms with Gasteiger partial charge < -0.3 is 14.8 Å². The number of methoxy groups -OCH3 is 1. The zero-order valence-corrected chi connectivity index (χ0v) is 22.2. The summed E-state index contributed by atoms with van der Waals surface area (Å²) in [5.41, 5.74) is 2.03. The van der Waals surface area contributed by atoms with Crippen molar-refractivity contribution < 1.29 is 23.9 Å². The lowest BCUT2D eigenvalue weighted by Crippen LogP contribution is -2.27. The molecular weight excluding hydrogens is 568 g/mol. The summed E-state index contributed by atoms with van der Waals surface area (Å²) in [5, 5.41) is 2.57. The Balaban J connectivity index is 1.46. The maximum Gasteiger partial charge on any atom is 0.293 e. The van der Waals surface area contributed by atoms with Crippen molar-refractivity contribution in [2.75, 3.05) is 19.0 Å². The number of nitrogens with one attached hydrogen (secondary N) is 1. The fourth-order valence-electron chi connectivity index (χ4n) is 3.38.